The van der Waals surface area contributed by atoms with Crippen LogP contribution in [0.3, 0.4) is 0 Å². The molecule has 0 aromatic rings. The SMILES string of the molecule is O=C(NCC1CC1)C1C[C@@H]2CCN(C(=O)C3CC(O)C3)C[C@@H]2O1. The Morgan fingerprint density at radius 3 is 2.65 bits per heavy atom. The van der Waals surface area contributed by atoms with Crippen LogP contribution in [-0.2, 0) is 14.3 Å². The molecule has 4 fully saturated rings. The minimum Gasteiger partial charge on any atom is -0.393 e. The summed E-state index contributed by atoms with van der Waals surface area (Å²) in [6.07, 6.45) is 4.69. The van der Waals surface area contributed by atoms with Crippen molar-refractivity contribution in [1.82, 2.24) is 10.2 Å². The van der Waals surface area contributed by atoms with Gasteiger partial charge in [-0.15, -0.1) is 0 Å². The highest BCUT2D eigenvalue weighted by molar-refractivity contribution is 5.81. The molecule has 4 aliphatic rings. The molecule has 2 aliphatic heterocycles. The number of hydrogen-bond donors (Lipinski definition) is 2. The molecule has 6 nitrogen and oxygen atoms in total. The van der Waals surface area contributed by atoms with E-state index in [0.29, 0.717) is 31.2 Å². The van der Waals surface area contributed by atoms with Gasteiger partial charge in [0, 0.05) is 25.6 Å². The number of hydrogen-bond acceptors (Lipinski definition) is 4. The van der Waals surface area contributed by atoms with E-state index in [1.54, 1.807) is 0 Å². The Hall–Kier alpha value is -1.14. The van der Waals surface area contributed by atoms with E-state index < -0.39 is 0 Å². The number of likely N-dealkylation sites (tertiary alicyclic amines) is 1. The minimum atomic E-state index is -0.343. The molecule has 3 atom stereocenters. The van der Waals surface area contributed by atoms with Crippen molar-refractivity contribution in [1.29, 1.82) is 0 Å². The summed E-state index contributed by atoms with van der Waals surface area (Å²) >= 11 is 0. The van der Waals surface area contributed by atoms with Crippen molar-refractivity contribution < 1.29 is 19.4 Å². The van der Waals surface area contributed by atoms with Gasteiger partial charge in [0.25, 0.3) is 0 Å². The molecule has 0 spiro atoms. The lowest BCUT2D eigenvalue weighted by Gasteiger charge is -2.39. The molecule has 2 saturated carbocycles. The third kappa shape index (κ3) is 3.24. The Morgan fingerprint density at radius 1 is 1.17 bits per heavy atom. The number of piperidine rings is 1. The fraction of sp³-hybridized carbons (Fsp3) is 0.882. The third-order valence-electron chi connectivity index (χ3n) is 5.88. The molecule has 4 rings (SSSR count). The van der Waals surface area contributed by atoms with Crippen LogP contribution >= 0.6 is 0 Å². The fourth-order valence-electron chi connectivity index (χ4n) is 4.03. The van der Waals surface area contributed by atoms with Gasteiger partial charge in [0.1, 0.15) is 6.10 Å². The van der Waals surface area contributed by atoms with Crippen molar-refractivity contribution >= 4 is 11.8 Å². The van der Waals surface area contributed by atoms with E-state index in [0.717, 1.165) is 25.9 Å². The summed E-state index contributed by atoms with van der Waals surface area (Å²) in [5.41, 5.74) is 0. The zero-order valence-electron chi connectivity index (χ0n) is 13.4. The first-order chi connectivity index (χ1) is 11.1. The number of rotatable bonds is 4. The Balaban J connectivity index is 1.27. The predicted octanol–water partition coefficient (Wildman–Crippen LogP) is 0.290. The number of fused-ring (bicyclic) bond motifs is 1. The molecule has 0 aromatic carbocycles. The van der Waals surface area contributed by atoms with Gasteiger partial charge in [0.2, 0.25) is 11.8 Å². The number of ether oxygens (including phenoxy) is 1. The van der Waals surface area contributed by atoms with Gasteiger partial charge in [0.05, 0.1) is 12.2 Å². The van der Waals surface area contributed by atoms with Crippen LogP contribution in [0.5, 0.6) is 0 Å². The highest BCUT2D eigenvalue weighted by Gasteiger charge is 2.44. The van der Waals surface area contributed by atoms with Crippen LogP contribution in [0.1, 0.15) is 38.5 Å². The summed E-state index contributed by atoms with van der Waals surface area (Å²) in [7, 11) is 0. The number of nitrogens with zero attached hydrogens (tertiary/aromatic N) is 1. The van der Waals surface area contributed by atoms with Crippen molar-refractivity contribution in [3.63, 3.8) is 0 Å². The second-order valence-electron chi connectivity index (χ2n) is 7.74. The van der Waals surface area contributed by atoms with Crippen LogP contribution < -0.4 is 5.32 Å². The predicted molar refractivity (Wildman–Crippen MR) is 82.4 cm³/mol. The number of carbonyl (C=O) groups is 2. The van der Waals surface area contributed by atoms with Gasteiger partial charge in [-0.2, -0.15) is 0 Å². The smallest absolute Gasteiger partial charge is 0.249 e. The van der Waals surface area contributed by atoms with E-state index in [1.807, 2.05) is 4.90 Å². The molecule has 128 valence electrons. The van der Waals surface area contributed by atoms with Gasteiger partial charge in [0.15, 0.2) is 0 Å². The van der Waals surface area contributed by atoms with E-state index in [2.05, 4.69) is 5.32 Å². The van der Waals surface area contributed by atoms with Crippen molar-refractivity contribution in [2.24, 2.45) is 17.8 Å². The average Bonchev–Trinajstić information content (AvgIpc) is 3.25. The lowest BCUT2D eigenvalue weighted by molar-refractivity contribution is -0.147. The maximum absolute atomic E-state index is 12.4. The Kier molecular flexibility index (Phi) is 4.05. The topological polar surface area (TPSA) is 78.9 Å². The normalized spacial score (nSPS) is 39.5. The molecule has 1 unspecified atom stereocenters. The number of aliphatic hydroxyl groups excluding tert-OH is 1. The highest BCUT2D eigenvalue weighted by Crippen LogP contribution is 2.36. The van der Waals surface area contributed by atoms with Crippen LogP contribution in [0.2, 0.25) is 0 Å². The summed E-state index contributed by atoms with van der Waals surface area (Å²) in [5.74, 6) is 1.22. The van der Waals surface area contributed by atoms with Crippen LogP contribution in [-0.4, -0.2) is 59.8 Å². The molecule has 2 N–H and O–H groups in total. The van der Waals surface area contributed by atoms with Crippen LogP contribution in [0.4, 0.5) is 0 Å². The largest absolute Gasteiger partial charge is 0.393 e. The van der Waals surface area contributed by atoms with E-state index >= 15 is 0 Å². The number of amides is 2. The highest BCUT2D eigenvalue weighted by atomic mass is 16.5. The standard InChI is InChI=1S/C17H26N2O4/c20-13-5-12(6-13)17(22)19-4-3-11-7-14(23-15(11)9-19)16(21)18-8-10-1-2-10/h10-15,20H,1-9H2,(H,18,21)/t11-,12?,13?,14?,15-/m0/s1. The lowest BCUT2D eigenvalue weighted by atomic mass is 9.80. The van der Waals surface area contributed by atoms with Gasteiger partial charge in [-0.25, -0.2) is 0 Å². The van der Waals surface area contributed by atoms with Gasteiger partial charge >= 0.3 is 0 Å². The molecular weight excluding hydrogens is 296 g/mol. The molecule has 2 saturated heterocycles. The van der Waals surface area contributed by atoms with Crippen LogP contribution in [0, 0.1) is 17.8 Å². The lowest BCUT2D eigenvalue weighted by Crippen LogP contribution is -2.50. The molecule has 2 amide bonds. The van der Waals surface area contributed by atoms with E-state index in [1.165, 1.54) is 12.8 Å². The van der Waals surface area contributed by atoms with Gasteiger partial charge < -0.3 is 20.1 Å². The Bertz CT molecular complexity index is 487. The van der Waals surface area contributed by atoms with E-state index in [4.69, 9.17) is 4.74 Å². The van der Waals surface area contributed by atoms with E-state index in [-0.39, 0.29) is 36.0 Å². The molecule has 0 bridgehead atoms. The first-order valence-corrected chi connectivity index (χ1v) is 9.00. The molecule has 0 radical (unpaired) electrons. The van der Waals surface area contributed by atoms with Crippen LogP contribution in [0.15, 0.2) is 0 Å². The maximum Gasteiger partial charge on any atom is 0.249 e. The Labute approximate surface area is 136 Å². The molecule has 0 aromatic heterocycles. The quantitative estimate of drug-likeness (QED) is 0.780. The first-order valence-electron chi connectivity index (χ1n) is 9.00. The van der Waals surface area contributed by atoms with Gasteiger partial charge in [-0.3, -0.25) is 9.59 Å². The number of carbonyl (C=O) groups excluding carboxylic acids is 2. The molecule has 2 heterocycles. The molecule has 23 heavy (non-hydrogen) atoms. The van der Waals surface area contributed by atoms with Crippen molar-refractivity contribution in [2.75, 3.05) is 19.6 Å². The number of aliphatic hydroxyl groups is 1. The van der Waals surface area contributed by atoms with Gasteiger partial charge in [-0.05, 0) is 50.4 Å². The molecule has 6 heteroatoms. The third-order valence-corrected chi connectivity index (χ3v) is 5.88. The fourth-order valence-corrected chi connectivity index (χ4v) is 4.03. The van der Waals surface area contributed by atoms with Crippen molar-refractivity contribution in [2.45, 2.75) is 56.8 Å². The monoisotopic (exact) mass is 322 g/mol. The summed E-state index contributed by atoms with van der Waals surface area (Å²) < 4.78 is 5.96. The summed E-state index contributed by atoms with van der Waals surface area (Å²) in [5, 5.41) is 12.4. The van der Waals surface area contributed by atoms with Crippen molar-refractivity contribution in [3.8, 4) is 0 Å². The zero-order valence-corrected chi connectivity index (χ0v) is 13.4. The average molecular weight is 322 g/mol. The second kappa shape index (κ2) is 6.06. The Morgan fingerprint density at radius 2 is 1.96 bits per heavy atom. The van der Waals surface area contributed by atoms with Gasteiger partial charge in [-0.1, -0.05) is 0 Å². The second-order valence-corrected chi connectivity index (χ2v) is 7.74. The van der Waals surface area contributed by atoms with Crippen LogP contribution in [0.25, 0.3) is 0 Å². The molecule has 2 aliphatic carbocycles. The molecular formula is C17H26N2O4. The van der Waals surface area contributed by atoms with Crippen molar-refractivity contribution in [3.05, 3.63) is 0 Å². The maximum atomic E-state index is 12.4. The minimum absolute atomic E-state index is 0.00521. The first kappa shape index (κ1) is 15.4. The number of nitrogens with one attached hydrogen (secondary N) is 1. The summed E-state index contributed by atoms with van der Waals surface area (Å²) in [6.45, 7) is 2.14. The summed E-state index contributed by atoms with van der Waals surface area (Å²) in [4.78, 5) is 26.5. The summed E-state index contributed by atoms with van der Waals surface area (Å²) in [6, 6.07) is 0. The van der Waals surface area contributed by atoms with E-state index in [9.17, 15) is 14.7 Å². The zero-order chi connectivity index (χ0) is 16.0.